The van der Waals surface area contributed by atoms with Crippen molar-refractivity contribution >= 4 is 65.1 Å². The van der Waals surface area contributed by atoms with Crippen molar-refractivity contribution in [2.75, 3.05) is 4.72 Å². The van der Waals surface area contributed by atoms with Crippen LogP contribution in [-0.4, -0.2) is 26.6 Å². The maximum Gasteiger partial charge on any atom is 0.277 e. The molecule has 1 N–H and O–H groups in total. The highest BCUT2D eigenvalue weighted by molar-refractivity contribution is 7.94. The van der Waals surface area contributed by atoms with E-state index in [1.165, 1.54) is 22.2 Å². The Morgan fingerprint density at radius 1 is 0.939 bits per heavy atom. The van der Waals surface area contributed by atoms with Gasteiger partial charge in [-0.3, -0.25) is 9.52 Å². The first-order valence-electron chi connectivity index (χ1n) is 10.1. The molecule has 0 aliphatic heterocycles. The minimum Gasteiger partial charge on any atom is -0.294 e. The number of Topliss-reactive ketones (excluding diaryl/α,β-unsaturated/α-hetero) is 1. The minimum atomic E-state index is -3.93. The molecule has 5 rings (SSSR count). The lowest BCUT2D eigenvalue weighted by atomic mass is 9.76. The van der Waals surface area contributed by atoms with Crippen molar-refractivity contribution < 1.29 is 21.6 Å². The number of sulfonamides is 1. The first-order chi connectivity index (χ1) is 15.5. The summed E-state index contributed by atoms with van der Waals surface area (Å²) in [5, 5.41) is 3.79. The zero-order valence-electron chi connectivity index (χ0n) is 17.7. The van der Waals surface area contributed by atoms with Crippen molar-refractivity contribution in [2.24, 2.45) is 5.41 Å². The molecule has 0 bridgehead atoms. The number of thiophene rings is 2. The van der Waals surface area contributed by atoms with E-state index in [1.54, 1.807) is 35.0 Å². The van der Waals surface area contributed by atoms with Gasteiger partial charge in [0, 0.05) is 28.8 Å². The topological polar surface area (TPSA) is 102 Å². The molecule has 7 nitrogen and oxygen atoms in total. The Morgan fingerprint density at radius 2 is 1.61 bits per heavy atom. The summed E-state index contributed by atoms with van der Waals surface area (Å²) in [6, 6.07) is 11.0. The number of nitrogens with one attached hydrogen (secondary N) is 1. The van der Waals surface area contributed by atoms with E-state index in [9.17, 15) is 21.6 Å². The summed E-state index contributed by atoms with van der Waals surface area (Å²) in [5.74, 6) is -0.148. The van der Waals surface area contributed by atoms with Crippen LogP contribution in [0.15, 0.2) is 61.6 Å². The first-order valence-corrected chi connectivity index (χ1v) is 14.7. The molecular weight excluding hydrogens is 501 g/mol. The lowest BCUT2D eigenvalue weighted by molar-refractivity contribution is 0.0913. The molecule has 0 atom stereocenters. The Kier molecular flexibility index (Phi) is 5.09. The fourth-order valence-corrected chi connectivity index (χ4v) is 8.95. The third-order valence-electron chi connectivity index (χ3n) is 5.58. The maximum absolute atomic E-state index is 13.6. The molecule has 0 amide bonds. The average molecular weight is 521 g/mol. The molecule has 4 aromatic rings. The fourth-order valence-electron chi connectivity index (χ4n) is 4.29. The predicted molar refractivity (Wildman–Crippen MR) is 130 cm³/mol. The molecule has 172 valence electrons. The monoisotopic (exact) mass is 520 g/mol. The molecule has 0 radical (unpaired) electrons. The molecule has 1 aromatic carbocycles. The van der Waals surface area contributed by atoms with E-state index in [4.69, 9.17) is 0 Å². The predicted octanol–water partition coefficient (Wildman–Crippen LogP) is 4.96. The van der Waals surface area contributed by atoms with E-state index in [2.05, 4.69) is 4.72 Å². The normalized spacial score (nSPS) is 16.1. The van der Waals surface area contributed by atoms with Crippen LogP contribution in [0.3, 0.4) is 0 Å². The van der Waals surface area contributed by atoms with Crippen molar-refractivity contribution in [1.29, 1.82) is 0 Å². The number of hydrogen-bond acceptors (Lipinski definition) is 7. The van der Waals surface area contributed by atoms with Crippen LogP contribution in [0.2, 0.25) is 0 Å². The van der Waals surface area contributed by atoms with Crippen LogP contribution >= 0.6 is 22.7 Å². The van der Waals surface area contributed by atoms with Gasteiger partial charge in [-0.15, -0.1) is 22.7 Å². The van der Waals surface area contributed by atoms with Gasteiger partial charge in [0.25, 0.3) is 20.0 Å². The number of carbonyl (C=O) groups is 1. The van der Waals surface area contributed by atoms with Crippen molar-refractivity contribution in [2.45, 2.75) is 35.1 Å². The Labute approximate surface area is 199 Å². The fraction of sp³-hybridized carbons (Fsp3) is 0.227. The van der Waals surface area contributed by atoms with Crippen LogP contribution < -0.4 is 4.72 Å². The number of anilines is 1. The second kappa shape index (κ2) is 7.52. The van der Waals surface area contributed by atoms with Crippen LogP contribution in [-0.2, 0) is 26.5 Å². The molecule has 0 unspecified atom stereocenters. The van der Waals surface area contributed by atoms with E-state index in [0.29, 0.717) is 28.6 Å². The standard InChI is InChI=1S/C22H20N2O5S4/c1-22(2)12-17-21(18(25)13-22)15-11-14(23-32(26,27)19-5-3-9-30-19)7-8-16(15)24(17)33(28,29)20-6-4-10-31-20/h3-11,23H,12-13H2,1-2H3. The van der Waals surface area contributed by atoms with E-state index >= 15 is 0 Å². The zero-order valence-corrected chi connectivity index (χ0v) is 21.0. The van der Waals surface area contributed by atoms with Gasteiger partial charge in [0.1, 0.15) is 8.42 Å². The number of nitrogens with zero attached hydrogens (tertiary/aromatic N) is 1. The zero-order chi connectivity index (χ0) is 23.6. The van der Waals surface area contributed by atoms with Gasteiger partial charge in [0.15, 0.2) is 5.78 Å². The van der Waals surface area contributed by atoms with Crippen molar-refractivity contribution in [3.63, 3.8) is 0 Å². The Morgan fingerprint density at radius 3 is 2.24 bits per heavy atom. The summed E-state index contributed by atoms with van der Waals surface area (Å²) in [5.41, 5.74) is 1.02. The van der Waals surface area contributed by atoms with E-state index < -0.39 is 25.5 Å². The molecule has 1 aliphatic carbocycles. The third kappa shape index (κ3) is 3.72. The average Bonchev–Trinajstić information content (AvgIpc) is 3.46. The van der Waals surface area contributed by atoms with Crippen LogP contribution in [0.5, 0.6) is 0 Å². The summed E-state index contributed by atoms with van der Waals surface area (Å²) < 4.78 is 56.7. The van der Waals surface area contributed by atoms with Gasteiger partial charge in [-0.1, -0.05) is 26.0 Å². The SMILES string of the molecule is CC1(C)CC(=O)c2c(n(S(=O)(=O)c3cccs3)c3ccc(NS(=O)(=O)c4cccs4)cc23)C1. The molecule has 1 aliphatic rings. The van der Waals surface area contributed by atoms with E-state index in [1.807, 2.05) is 13.8 Å². The minimum absolute atomic E-state index is 0.148. The quantitative estimate of drug-likeness (QED) is 0.401. The van der Waals surface area contributed by atoms with Crippen molar-refractivity contribution in [3.8, 4) is 0 Å². The van der Waals surface area contributed by atoms with Gasteiger partial charge in [-0.05, 0) is 52.9 Å². The van der Waals surface area contributed by atoms with E-state index in [-0.39, 0.29) is 26.3 Å². The Hall–Kier alpha value is -2.47. The summed E-state index contributed by atoms with van der Waals surface area (Å²) in [6.45, 7) is 3.88. The van der Waals surface area contributed by atoms with Gasteiger partial charge >= 0.3 is 0 Å². The van der Waals surface area contributed by atoms with Crippen molar-refractivity contribution in [3.05, 3.63) is 64.5 Å². The largest absolute Gasteiger partial charge is 0.294 e. The molecule has 3 heterocycles. The third-order valence-corrected chi connectivity index (χ3v) is 11.5. The van der Waals surface area contributed by atoms with Gasteiger partial charge in [0.05, 0.1) is 5.52 Å². The molecule has 0 saturated carbocycles. The van der Waals surface area contributed by atoms with Crippen LogP contribution in [0, 0.1) is 5.41 Å². The molecule has 0 saturated heterocycles. The van der Waals surface area contributed by atoms with Crippen LogP contribution in [0.4, 0.5) is 5.69 Å². The van der Waals surface area contributed by atoms with Gasteiger partial charge in [-0.2, -0.15) is 8.42 Å². The first kappa shape index (κ1) is 22.3. The van der Waals surface area contributed by atoms with Gasteiger partial charge < -0.3 is 0 Å². The number of benzene rings is 1. The van der Waals surface area contributed by atoms with Crippen LogP contribution in [0.25, 0.3) is 10.9 Å². The number of hydrogen-bond donors (Lipinski definition) is 1. The molecule has 3 aromatic heterocycles. The highest BCUT2D eigenvalue weighted by Crippen LogP contribution is 2.42. The lowest BCUT2D eigenvalue weighted by Gasteiger charge is -2.29. The molecular formula is C22H20N2O5S4. The summed E-state index contributed by atoms with van der Waals surface area (Å²) in [6.07, 6.45) is 0.687. The second-order valence-electron chi connectivity index (χ2n) is 8.73. The highest BCUT2D eigenvalue weighted by Gasteiger charge is 2.38. The Balaban J connectivity index is 1.74. The van der Waals surface area contributed by atoms with Crippen molar-refractivity contribution in [1.82, 2.24) is 3.97 Å². The smallest absolute Gasteiger partial charge is 0.277 e. The second-order valence-corrected chi connectivity index (χ2v) is 14.6. The summed E-state index contributed by atoms with van der Waals surface area (Å²) in [7, 11) is -7.72. The number of rotatable bonds is 5. The summed E-state index contributed by atoms with van der Waals surface area (Å²) in [4.78, 5) is 13.2. The van der Waals surface area contributed by atoms with Gasteiger partial charge in [-0.25, -0.2) is 12.4 Å². The lowest BCUT2D eigenvalue weighted by Crippen LogP contribution is -2.29. The van der Waals surface area contributed by atoms with E-state index in [0.717, 1.165) is 22.7 Å². The van der Waals surface area contributed by atoms with Crippen LogP contribution in [0.1, 0.15) is 36.3 Å². The number of carbonyl (C=O) groups excluding carboxylic acids is 1. The summed E-state index contributed by atoms with van der Waals surface area (Å²) >= 11 is 2.21. The van der Waals surface area contributed by atoms with Gasteiger partial charge in [0.2, 0.25) is 0 Å². The number of fused-ring (bicyclic) bond motifs is 3. The Bertz CT molecular complexity index is 1590. The maximum atomic E-state index is 13.6. The number of aromatic nitrogens is 1. The highest BCUT2D eigenvalue weighted by atomic mass is 32.3. The molecule has 0 fully saturated rings. The molecule has 11 heteroatoms. The molecule has 0 spiro atoms. The molecule has 33 heavy (non-hydrogen) atoms. The number of ketones is 1.